The fourth-order valence-corrected chi connectivity index (χ4v) is 3.12. The zero-order chi connectivity index (χ0) is 16.8. The number of piperazine rings is 1. The summed E-state index contributed by atoms with van der Waals surface area (Å²) in [6.07, 6.45) is 2.37. The monoisotopic (exact) mass is 326 g/mol. The molecule has 0 aliphatic carbocycles. The van der Waals surface area contributed by atoms with Gasteiger partial charge in [0.25, 0.3) is 0 Å². The quantitative estimate of drug-likeness (QED) is 0.805. The number of piperidine rings is 1. The van der Waals surface area contributed by atoms with E-state index < -0.39 is 0 Å². The highest BCUT2D eigenvalue weighted by molar-refractivity contribution is 5.78. The summed E-state index contributed by atoms with van der Waals surface area (Å²) >= 11 is 0. The van der Waals surface area contributed by atoms with Gasteiger partial charge in [0.1, 0.15) is 0 Å². The van der Waals surface area contributed by atoms with Crippen LogP contribution in [-0.2, 0) is 9.59 Å². The summed E-state index contributed by atoms with van der Waals surface area (Å²) in [5.74, 6) is 0.403. The molecular formula is C17H34N4O2. The van der Waals surface area contributed by atoms with Crippen molar-refractivity contribution in [2.45, 2.75) is 39.2 Å². The molecule has 0 aromatic heterocycles. The molecule has 0 saturated carbocycles. The predicted molar refractivity (Wildman–Crippen MR) is 93.3 cm³/mol. The molecule has 1 N–H and O–H groups in total. The minimum absolute atomic E-state index is 0. The number of likely N-dealkylation sites (N-methyl/N-ethyl adjacent to an activating group) is 1. The van der Waals surface area contributed by atoms with Gasteiger partial charge in [-0.3, -0.25) is 9.59 Å². The van der Waals surface area contributed by atoms with Crippen molar-refractivity contribution in [3.63, 3.8) is 0 Å². The normalized spacial score (nSPS) is 21.7. The average molecular weight is 326 g/mol. The van der Waals surface area contributed by atoms with E-state index in [1.54, 1.807) is 0 Å². The second-order valence-corrected chi connectivity index (χ2v) is 7.21. The molecule has 2 heterocycles. The van der Waals surface area contributed by atoms with Crippen LogP contribution in [0.15, 0.2) is 0 Å². The van der Waals surface area contributed by atoms with Crippen molar-refractivity contribution in [1.29, 1.82) is 0 Å². The van der Waals surface area contributed by atoms with Gasteiger partial charge < -0.3 is 20.0 Å². The van der Waals surface area contributed by atoms with Crippen LogP contribution >= 0.6 is 0 Å². The molecule has 0 aromatic rings. The molecule has 2 saturated heterocycles. The minimum Gasteiger partial charge on any atom is -0.353 e. The van der Waals surface area contributed by atoms with Gasteiger partial charge in [-0.25, -0.2) is 0 Å². The molecule has 0 atom stereocenters. The first-order valence-electron chi connectivity index (χ1n) is 8.94. The molecule has 2 fully saturated rings. The smallest absolute Gasteiger partial charge is 0.223 e. The van der Waals surface area contributed by atoms with Gasteiger partial charge in [-0.05, 0) is 19.9 Å². The van der Waals surface area contributed by atoms with E-state index in [0.29, 0.717) is 6.42 Å². The van der Waals surface area contributed by atoms with Crippen molar-refractivity contribution >= 4 is 11.8 Å². The number of rotatable bonds is 5. The number of nitrogens with zero attached hydrogens (tertiary/aromatic N) is 3. The summed E-state index contributed by atoms with van der Waals surface area (Å²) in [5, 5.41) is 3.08. The Morgan fingerprint density at radius 3 is 2.26 bits per heavy atom. The lowest BCUT2D eigenvalue weighted by molar-refractivity contribution is -0.133. The van der Waals surface area contributed by atoms with Crippen molar-refractivity contribution < 1.29 is 11.0 Å². The minimum atomic E-state index is 0. The molecule has 0 aromatic carbocycles. The SMILES string of the molecule is CC(C)C(=O)NC1CCN(C(=O)CCN2CCN(C)CC2)CC1.[HH]. The predicted octanol–water partition coefficient (Wildman–Crippen LogP) is 0.633. The van der Waals surface area contributed by atoms with Crippen molar-refractivity contribution in [2.24, 2.45) is 5.92 Å². The second-order valence-electron chi connectivity index (χ2n) is 7.21. The maximum Gasteiger partial charge on any atom is 0.223 e. The van der Waals surface area contributed by atoms with E-state index in [0.717, 1.165) is 58.7 Å². The molecule has 6 heteroatoms. The van der Waals surface area contributed by atoms with Crippen LogP contribution in [0.4, 0.5) is 0 Å². The third-order valence-corrected chi connectivity index (χ3v) is 4.96. The Balaban J connectivity index is 0.00000288. The van der Waals surface area contributed by atoms with Crippen molar-refractivity contribution in [2.75, 3.05) is 52.9 Å². The molecule has 0 unspecified atom stereocenters. The van der Waals surface area contributed by atoms with Crippen LogP contribution in [0, 0.1) is 5.92 Å². The summed E-state index contributed by atoms with van der Waals surface area (Å²) in [5.41, 5.74) is 0. The number of hydrogen-bond donors (Lipinski definition) is 1. The molecule has 0 bridgehead atoms. The van der Waals surface area contributed by atoms with Gasteiger partial charge in [0.05, 0.1) is 0 Å². The number of nitrogens with one attached hydrogen (secondary N) is 1. The van der Waals surface area contributed by atoms with Gasteiger partial charge in [0.15, 0.2) is 0 Å². The number of likely N-dealkylation sites (tertiary alicyclic amines) is 1. The van der Waals surface area contributed by atoms with E-state index in [-0.39, 0.29) is 25.2 Å². The standard InChI is InChI=1S/C17H32N4O2.H2/c1-14(2)17(23)18-15-4-8-21(9-5-15)16(22)6-7-20-12-10-19(3)11-13-20;/h14-15H,4-13H2,1-3H3,(H,18,23);1H. The fraction of sp³-hybridized carbons (Fsp3) is 0.882. The van der Waals surface area contributed by atoms with E-state index in [2.05, 4.69) is 22.2 Å². The number of carbonyl (C=O) groups excluding carboxylic acids is 2. The Morgan fingerprint density at radius 2 is 1.70 bits per heavy atom. The lowest BCUT2D eigenvalue weighted by Gasteiger charge is -2.35. The summed E-state index contributed by atoms with van der Waals surface area (Å²) in [4.78, 5) is 30.7. The van der Waals surface area contributed by atoms with E-state index in [1.165, 1.54) is 0 Å². The number of carbonyl (C=O) groups is 2. The molecule has 2 rings (SSSR count). The zero-order valence-corrected chi connectivity index (χ0v) is 14.9. The highest BCUT2D eigenvalue weighted by Crippen LogP contribution is 2.13. The van der Waals surface area contributed by atoms with Gasteiger partial charge in [-0.1, -0.05) is 13.8 Å². The molecule has 2 aliphatic rings. The zero-order valence-electron chi connectivity index (χ0n) is 14.9. The van der Waals surface area contributed by atoms with Gasteiger partial charge in [-0.15, -0.1) is 0 Å². The fourth-order valence-electron chi connectivity index (χ4n) is 3.12. The molecule has 0 radical (unpaired) electrons. The maximum absolute atomic E-state index is 12.3. The maximum atomic E-state index is 12.3. The lowest BCUT2D eigenvalue weighted by Crippen LogP contribution is -2.48. The van der Waals surface area contributed by atoms with E-state index in [9.17, 15) is 9.59 Å². The van der Waals surface area contributed by atoms with Crippen LogP contribution in [0.2, 0.25) is 0 Å². The Labute approximate surface area is 141 Å². The van der Waals surface area contributed by atoms with E-state index in [4.69, 9.17) is 0 Å². The van der Waals surface area contributed by atoms with E-state index in [1.807, 2.05) is 18.7 Å². The van der Waals surface area contributed by atoms with Crippen LogP contribution < -0.4 is 5.32 Å². The lowest BCUT2D eigenvalue weighted by atomic mass is 10.0. The Bertz CT molecular complexity index is 403. The molecule has 23 heavy (non-hydrogen) atoms. The largest absolute Gasteiger partial charge is 0.353 e. The Kier molecular flexibility index (Phi) is 6.84. The first-order valence-corrected chi connectivity index (χ1v) is 8.94. The van der Waals surface area contributed by atoms with Crippen LogP contribution in [0.3, 0.4) is 0 Å². The Hall–Kier alpha value is -1.14. The van der Waals surface area contributed by atoms with Gasteiger partial charge in [0.2, 0.25) is 11.8 Å². The molecule has 2 amide bonds. The van der Waals surface area contributed by atoms with Crippen molar-refractivity contribution in [3.05, 3.63) is 0 Å². The topological polar surface area (TPSA) is 55.9 Å². The van der Waals surface area contributed by atoms with Crippen LogP contribution in [0.5, 0.6) is 0 Å². The Morgan fingerprint density at radius 1 is 1.09 bits per heavy atom. The second kappa shape index (κ2) is 8.64. The average Bonchev–Trinajstić information content (AvgIpc) is 2.54. The van der Waals surface area contributed by atoms with E-state index >= 15 is 0 Å². The van der Waals surface area contributed by atoms with Crippen LogP contribution in [-0.4, -0.2) is 85.4 Å². The van der Waals surface area contributed by atoms with Crippen molar-refractivity contribution in [1.82, 2.24) is 20.0 Å². The molecule has 2 aliphatic heterocycles. The molecule has 134 valence electrons. The van der Waals surface area contributed by atoms with Gasteiger partial charge >= 0.3 is 0 Å². The summed E-state index contributed by atoms with van der Waals surface area (Å²) in [6.45, 7) is 10.5. The number of amides is 2. The molecule has 6 nitrogen and oxygen atoms in total. The summed E-state index contributed by atoms with van der Waals surface area (Å²) in [6, 6.07) is 0.228. The highest BCUT2D eigenvalue weighted by atomic mass is 16.2. The molecular weight excluding hydrogens is 292 g/mol. The molecule has 0 spiro atoms. The third-order valence-electron chi connectivity index (χ3n) is 4.96. The van der Waals surface area contributed by atoms with Gasteiger partial charge in [0, 0.05) is 65.6 Å². The van der Waals surface area contributed by atoms with Crippen LogP contribution in [0.1, 0.15) is 34.5 Å². The summed E-state index contributed by atoms with van der Waals surface area (Å²) < 4.78 is 0. The third kappa shape index (κ3) is 5.77. The number of hydrogen-bond acceptors (Lipinski definition) is 4. The first kappa shape index (κ1) is 18.2. The summed E-state index contributed by atoms with van der Waals surface area (Å²) in [7, 11) is 2.14. The highest BCUT2D eigenvalue weighted by Gasteiger charge is 2.24. The van der Waals surface area contributed by atoms with Gasteiger partial charge in [-0.2, -0.15) is 0 Å². The first-order chi connectivity index (χ1) is 11.0. The van der Waals surface area contributed by atoms with Crippen LogP contribution in [0.25, 0.3) is 0 Å². The van der Waals surface area contributed by atoms with Crippen molar-refractivity contribution in [3.8, 4) is 0 Å².